The fourth-order valence-corrected chi connectivity index (χ4v) is 1.70. The Labute approximate surface area is 84.8 Å². The van der Waals surface area contributed by atoms with Crippen LogP contribution in [-0.4, -0.2) is 49.3 Å². The normalized spacial score (nSPS) is 31.1. The number of ether oxygens (including phenoxy) is 1. The molecule has 1 aliphatic heterocycles. The van der Waals surface area contributed by atoms with Crippen LogP contribution >= 0.6 is 0 Å². The average Bonchev–Trinajstić information content (AvgIpc) is 2.10. The lowest BCUT2D eigenvalue weighted by molar-refractivity contribution is -0.956. The van der Waals surface area contributed by atoms with Gasteiger partial charge < -0.3 is 9.22 Å². The zero-order valence-electron chi connectivity index (χ0n) is 9.17. The molecule has 0 bridgehead atoms. The van der Waals surface area contributed by atoms with E-state index in [-0.39, 0.29) is 11.4 Å². The molecule has 1 saturated heterocycles. The number of hydrogen-bond donors (Lipinski definition) is 2. The first-order chi connectivity index (χ1) is 6.41. The number of likely N-dealkylation sites (N-methyl/N-ethyl adjacent to an activating group) is 1. The van der Waals surface area contributed by atoms with Gasteiger partial charge in [0.25, 0.3) is 5.91 Å². The molecule has 5 nitrogen and oxygen atoms in total. The Balaban J connectivity index is 2.73. The van der Waals surface area contributed by atoms with Gasteiger partial charge in [-0.05, 0) is 13.8 Å². The molecular formula is C9H20N3O2+. The first kappa shape index (κ1) is 11.4. The van der Waals surface area contributed by atoms with Crippen molar-refractivity contribution in [3.63, 3.8) is 0 Å². The van der Waals surface area contributed by atoms with Crippen molar-refractivity contribution in [2.75, 3.05) is 33.4 Å². The van der Waals surface area contributed by atoms with Crippen LogP contribution < -0.4 is 11.3 Å². The van der Waals surface area contributed by atoms with Gasteiger partial charge in [0, 0.05) is 0 Å². The largest absolute Gasteiger partial charge is 0.369 e. The molecule has 1 rings (SSSR count). The number of quaternary nitrogens is 1. The summed E-state index contributed by atoms with van der Waals surface area (Å²) in [4.78, 5) is 11.3. The van der Waals surface area contributed by atoms with Gasteiger partial charge in [-0.2, -0.15) is 0 Å². The lowest BCUT2D eigenvalue weighted by atomic mass is 9.99. The summed E-state index contributed by atoms with van der Waals surface area (Å²) in [5, 5.41) is 0. The van der Waals surface area contributed by atoms with E-state index in [9.17, 15) is 4.79 Å². The van der Waals surface area contributed by atoms with Gasteiger partial charge in [-0.25, -0.2) is 5.84 Å². The number of carbonyl (C=O) groups is 1. The summed E-state index contributed by atoms with van der Waals surface area (Å²) in [6.07, 6.45) is 0. The number of nitrogens with two attached hydrogens (primary N) is 1. The van der Waals surface area contributed by atoms with Gasteiger partial charge in [-0.1, -0.05) is 0 Å². The van der Waals surface area contributed by atoms with Crippen molar-refractivity contribution < 1.29 is 14.0 Å². The van der Waals surface area contributed by atoms with E-state index in [1.807, 2.05) is 0 Å². The van der Waals surface area contributed by atoms with Gasteiger partial charge in [-0.3, -0.25) is 10.2 Å². The first-order valence-electron chi connectivity index (χ1n) is 4.83. The third-order valence-corrected chi connectivity index (χ3v) is 3.30. The summed E-state index contributed by atoms with van der Waals surface area (Å²) in [5.41, 5.74) is 2.14. The average molecular weight is 202 g/mol. The van der Waals surface area contributed by atoms with Crippen LogP contribution in [0.5, 0.6) is 0 Å². The number of nitrogens with one attached hydrogen (secondary N) is 1. The van der Waals surface area contributed by atoms with Gasteiger partial charge in [0.1, 0.15) is 18.7 Å². The molecule has 0 radical (unpaired) electrons. The van der Waals surface area contributed by atoms with Crippen molar-refractivity contribution in [1.82, 2.24) is 5.43 Å². The minimum atomic E-state index is -0.123. The number of carbonyl (C=O) groups excluding carboxylic acids is 1. The number of nitrogens with zero attached hydrogens (tertiary/aromatic N) is 1. The SMILES string of the molecule is CC1(C)COCC[N+]1(C)CC(=O)NN. The molecule has 0 spiro atoms. The summed E-state index contributed by atoms with van der Waals surface area (Å²) >= 11 is 0. The van der Waals surface area contributed by atoms with Gasteiger partial charge in [0.15, 0.2) is 6.54 Å². The summed E-state index contributed by atoms with van der Waals surface area (Å²) < 4.78 is 6.09. The second kappa shape index (κ2) is 3.84. The third-order valence-electron chi connectivity index (χ3n) is 3.30. The van der Waals surface area contributed by atoms with Crippen LogP contribution in [-0.2, 0) is 9.53 Å². The Bertz CT molecular complexity index is 230. The maximum absolute atomic E-state index is 11.3. The molecule has 1 amide bonds. The molecular weight excluding hydrogens is 182 g/mol. The number of hydrazine groups is 1. The van der Waals surface area contributed by atoms with E-state index in [1.54, 1.807) is 0 Å². The van der Waals surface area contributed by atoms with E-state index in [0.29, 0.717) is 24.2 Å². The lowest BCUT2D eigenvalue weighted by Gasteiger charge is -2.49. The van der Waals surface area contributed by atoms with Crippen molar-refractivity contribution in [1.29, 1.82) is 0 Å². The Kier molecular flexibility index (Phi) is 3.14. The van der Waals surface area contributed by atoms with E-state index >= 15 is 0 Å². The zero-order valence-corrected chi connectivity index (χ0v) is 9.17. The van der Waals surface area contributed by atoms with E-state index in [1.165, 1.54) is 0 Å². The summed E-state index contributed by atoms with van der Waals surface area (Å²) in [5.74, 6) is 4.97. The summed E-state index contributed by atoms with van der Waals surface area (Å²) in [6, 6.07) is 0. The Morgan fingerprint density at radius 2 is 2.29 bits per heavy atom. The van der Waals surface area contributed by atoms with E-state index < -0.39 is 0 Å². The molecule has 3 N–H and O–H groups in total. The maximum atomic E-state index is 11.3. The number of rotatable bonds is 2. The van der Waals surface area contributed by atoms with Crippen molar-refractivity contribution in [3.8, 4) is 0 Å². The third kappa shape index (κ3) is 2.05. The minimum absolute atomic E-state index is 0.0369. The van der Waals surface area contributed by atoms with E-state index in [2.05, 4.69) is 26.3 Å². The molecule has 5 heteroatoms. The molecule has 1 fully saturated rings. The van der Waals surface area contributed by atoms with E-state index in [4.69, 9.17) is 10.6 Å². The molecule has 1 aliphatic rings. The van der Waals surface area contributed by atoms with Gasteiger partial charge in [0.2, 0.25) is 0 Å². The molecule has 82 valence electrons. The van der Waals surface area contributed by atoms with Gasteiger partial charge >= 0.3 is 0 Å². The summed E-state index contributed by atoms with van der Waals surface area (Å²) in [7, 11) is 2.07. The monoisotopic (exact) mass is 202 g/mol. The van der Waals surface area contributed by atoms with Crippen LogP contribution in [0.25, 0.3) is 0 Å². The molecule has 0 saturated carbocycles. The van der Waals surface area contributed by atoms with E-state index in [0.717, 1.165) is 6.54 Å². The van der Waals surface area contributed by atoms with Crippen LogP contribution in [0.15, 0.2) is 0 Å². The van der Waals surface area contributed by atoms with Gasteiger partial charge in [-0.15, -0.1) is 0 Å². The highest BCUT2D eigenvalue weighted by molar-refractivity contribution is 5.76. The molecule has 1 atom stereocenters. The predicted molar refractivity (Wildman–Crippen MR) is 53.1 cm³/mol. The van der Waals surface area contributed by atoms with Crippen LogP contribution in [0.4, 0.5) is 0 Å². The van der Waals surface area contributed by atoms with Crippen LogP contribution in [0.2, 0.25) is 0 Å². The fourth-order valence-electron chi connectivity index (χ4n) is 1.70. The predicted octanol–water partition coefficient (Wildman–Crippen LogP) is -0.768. The second-order valence-corrected chi connectivity index (χ2v) is 4.71. The molecule has 0 aromatic carbocycles. The second-order valence-electron chi connectivity index (χ2n) is 4.71. The lowest BCUT2D eigenvalue weighted by Crippen LogP contribution is -2.67. The van der Waals surface area contributed by atoms with Crippen LogP contribution in [0, 0.1) is 0 Å². The quantitative estimate of drug-likeness (QED) is 0.267. The molecule has 0 aromatic heterocycles. The van der Waals surface area contributed by atoms with Gasteiger partial charge in [0.05, 0.1) is 13.7 Å². The highest BCUT2D eigenvalue weighted by Gasteiger charge is 2.44. The van der Waals surface area contributed by atoms with Crippen molar-refractivity contribution in [2.24, 2.45) is 5.84 Å². The highest BCUT2D eigenvalue weighted by Crippen LogP contribution is 2.25. The number of morpholine rings is 1. The topological polar surface area (TPSA) is 64.3 Å². The molecule has 0 aliphatic carbocycles. The smallest absolute Gasteiger partial charge is 0.289 e. The summed E-state index contributed by atoms with van der Waals surface area (Å²) in [6.45, 7) is 6.86. The number of amides is 1. The molecule has 1 heterocycles. The Hall–Kier alpha value is -0.650. The Morgan fingerprint density at radius 1 is 1.64 bits per heavy atom. The maximum Gasteiger partial charge on any atom is 0.289 e. The molecule has 14 heavy (non-hydrogen) atoms. The van der Waals surface area contributed by atoms with Crippen LogP contribution in [0.1, 0.15) is 13.8 Å². The minimum Gasteiger partial charge on any atom is -0.369 e. The van der Waals surface area contributed by atoms with Crippen molar-refractivity contribution in [3.05, 3.63) is 0 Å². The first-order valence-corrected chi connectivity index (χ1v) is 4.83. The molecule has 1 unspecified atom stereocenters. The van der Waals surface area contributed by atoms with Crippen molar-refractivity contribution in [2.45, 2.75) is 19.4 Å². The van der Waals surface area contributed by atoms with Crippen molar-refractivity contribution >= 4 is 5.91 Å². The molecule has 0 aromatic rings. The Morgan fingerprint density at radius 3 is 2.79 bits per heavy atom. The highest BCUT2D eigenvalue weighted by atomic mass is 16.5. The fraction of sp³-hybridized carbons (Fsp3) is 0.889. The number of hydrogen-bond acceptors (Lipinski definition) is 3. The standard InChI is InChI=1S/C9H19N3O2/c1-9(2)7-14-5-4-12(9,3)6-8(13)11-10/h4-7,10H2,1-3H3/p+1. The zero-order chi connectivity index (χ0) is 10.8. The van der Waals surface area contributed by atoms with Crippen LogP contribution in [0.3, 0.4) is 0 Å².